The maximum absolute atomic E-state index is 9.40. The van der Waals surface area contributed by atoms with E-state index < -0.39 is 0 Å². The van der Waals surface area contributed by atoms with E-state index in [1.807, 2.05) is 30.3 Å². The Morgan fingerprint density at radius 2 is 1.83 bits per heavy atom. The quantitative estimate of drug-likeness (QED) is 0.763. The van der Waals surface area contributed by atoms with E-state index in [-0.39, 0.29) is 11.8 Å². The van der Waals surface area contributed by atoms with Gasteiger partial charge in [-0.25, -0.2) is 0 Å². The van der Waals surface area contributed by atoms with Crippen LogP contribution < -0.4 is 5.43 Å². The monoisotopic (exact) mass is 304 g/mol. The van der Waals surface area contributed by atoms with Crippen molar-refractivity contribution < 1.29 is 5.11 Å². The largest absolute Gasteiger partial charge is 0.508 e. The van der Waals surface area contributed by atoms with Gasteiger partial charge in [0.25, 0.3) is 0 Å². The van der Waals surface area contributed by atoms with Crippen molar-refractivity contribution in [1.29, 1.82) is 0 Å². The highest BCUT2D eigenvalue weighted by Gasteiger charge is 2.24. The number of aromatic nitrogens is 2. The van der Waals surface area contributed by atoms with Crippen molar-refractivity contribution in [2.24, 2.45) is 5.10 Å². The molecule has 0 aliphatic carbocycles. The van der Waals surface area contributed by atoms with Gasteiger partial charge < -0.3 is 10.5 Å². The molecule has 0 radical (unpaired) electrons. The third-order valence-electron chi connectivity index (χ3n) is 4.24. The summed E-state index contributed by atoms with van der Waals surface area (Å²) in [6.45, 7) is 2.06. The molecule has 0 saturated heterocycles. The van der Waals surface area contributed by atoms with Crippen LogP contribution in [0.2, 0.25) is 0 Å². The Hall–Kier alpha value is -2.95. The fourth-order valence-corrected chi connectivity index (χ4v) is 2.95. The smallest absolute Gasteiger partial charge is 0.115 e. The summed E-state index contributed by atoms with van der Waals surface area (Å²) in [6.07, 6.45) is 0.749. The van der Waals surface area contributed by atoms with Crippen molar-refractivity contribution in [3.8, 4) is 5.75 Å². The SMILES string of the molecule is Cc1c(C2=NNC(c3ccc(O)cc3)C2)nnc2ccccc12. The number of hydrazone groups is 1. The molecule has 114 valence electrons. The van der Waals surface area contributed by atoms with Crippen LogP contribution in [-0.2, 0) is 0 Å². The van der Waals surface area contributed by atoms with Crippen molar-refractivity contribution >= 4 is 16.6 Å². The van der Waals surface area contributed by atoms with Gasteiger partial charge in [-0.3, -0.25) is 0 Å². The Balaban J connectivity index is 1.65. The van der Waals surface area contributed by atoms with E-state index in [0.29, 0.717) is 0 Å². The molecular formula is C18H16N4O. The molecule has 1 aromatic heterocycles. The number of hydrogen-bond donors (Lipinski definition) is 2. The Labute approximate surface area is 133 Å². The van der Waals surface area contributed by atoms with Crippen molar-refractivity contribution in [2.75, 3.05) is 0 Å². The van der Waals surface area contributed by atoms with E-state index >= 15 is 0 Å². The van der Waals surface area contributed by atoms with Crippen LogP contribution in [0, 0.1) is 6.92 Å². The number of nitrogens with one attached hydrogen (secondary N) is 1. The fraction of sp³-hybridized carbons (Fsp3) is 0.167. The molecule has 2 aromatic carbocycles. The molecule has 0 fully saturated rings. The number of hydrogen-bond acceptors (Lipinski definition) is 5. The predicted molar refractivity (Wildman–Crippen MR) is 89.4 cm³/mol. The molecule has 2 N–H and O–H groups in total. The summed E-state index contributed by atoms with van der Waals surface area (Å²) in [5.74, 6) is 0.268. The van der Waals surface area contributed by atoms with Crippen LogP contribution >= 0.6 is 0 Å². The molecule has 2 heterocycles. The first-order valence-corrected chi connectivity index (χ1v) is 7.56. The van der Waals surface area contributed by atoms with E-state index in [9.17, 15) is 5.11 Å². The number of rotatable bonds is 2. The summed E-state index contributed by atoms with van der Waals surface area (Å²) in [6, 6.07) is 15.3. The number of aryl methyl sites for hydroxylation is 1. The number of phenolic OH excluding ortho intramolecular Hbond substituents is 1. The number of benzene rings is 2. The van der Waals surface area contributed by atoms with E-state index in [0.717, 1.165) is 39.9 Å². The van der Waals surface area contributed by atoms with Crippen LogP contribution in [0.1, 0.15) is 29.3 Å². The first-order valence-electron chi connectivity index (χ1n) is 7.56. The molecule has 4 rings (SSSR count). The van der Waals surface area contributed by atoms with Gasteiger partial charge in [0.1, 0.15) is 11.4 Å². The second-order valence-electron chi connectivity index (χ2n) is 5.73. The molecule has 0 saturated carbocycles. The zero-order valence-electron chi connectivity index (χ0n) is 12.7. The summed E-state index contributed by atoms with van der Waals surface area (Å²) >= 11 is 0. The summed E-state index contributed by atoms with van der Waals surface area (Å²) in [5, 5.41) is 23.6. The van der Waals surface area contributed by atoms with Gasteiger partial charge in [0.05, 0.1) is 17.3 Å². The van der Waals surface area contributed by atoms with Crippen LogP contribution in [0.15, 0.2) is 53.6 Å². The zero-order valence-corrected chi connectivity index (χ0v) is 12.7. The maximum atomic E-state index is 9.40. The minimum atomic E-state index is 0.0956. The highest BCUT2D eigenvalue weighted by molar-refractivity contribution is 6.04. The standard InChI is InChI=1S/C18H16N4O/c1-11-14-4-2-3-5-15(14)19-22-18(11)17-10-16(20-21-17)12-6-8-13(23)9-7-12/h2-9,16,20,23H,10H2,1H3. The van der Waals surface area contributed by atoms with Gasteiger partial charge in [-0.15, -0.1) is 10.2 Å². The van der Waals surface area contributed by atoms with Crippen molar-refractivity contribution in [1.82, 2.24) is 15.6 Å². The van der Waals surface area contributed by atoms with Gasteiger partial charge in [0.2, 0.25) is 0 Å². The summed E-state index contributed by atoms with van der Waals surface area (Å²) in [7, 11) is 0. The third kappa shape index (κ3) is 2.40. The van der Waals surface area contributed by atoms with Gasteiger partial charge in [-0.2, -0.15) is 5.10 Å². The highest BCUT2D eigenvalue weighted by atomic mass is 16.3. The normalized spacial score (nSPS) is 17.1. The fourth-order valence-electron chi connectivity index (χ4n) is 2.95. The topological polar surface area (TPSA) is 70.4 Å². The molecular weight excluding hydrogens is 288 g/mol. The van der Waals surface area contributed by atoms with E-state index in [1.165, 1.54) is 0 Å². The third-order valence-corrected chi connectivity index (χ3v) is 4.24. The highest BCUT2D eigenvalue weighted by Crippen LogP contribution is 2.27. The Morgan fingerprint density at radius 1 is 1.04 bits per heavy atom. The Morgan fingerprint density at radius 3 is 2.65 bits per heavy atom. The molecule has 5 heteroatoms. The lowest BCUT2D eigenvalue weighted by molar-refractivity contribution is 0.474. The summed E-state index contributed by atoms with van der Waals surface area (Å²) in [5.41, 5.74) is 8.00. The van der Waals surface area contributed by atoms with Crippen LogP contribution in [0.5, 0.6) is 5.75 Å². The molecule has 1 aliphatic heterocycles. The first-order chi connectivity index (χ1) is 11.2. The Kier molecular flexibility index (Phi) is 3.19. The van der Waals surface area contributed by atoms with Crippen LogP contribution in [0.3, 0.4) is 0 Å². The van der Waals surface area contributed by atoms with Crippen LogP contribution in [0.25, 0.3) is 10.9 Å². The Bertz CT molecular complexity index is 903. The molecule has 3 aromatic rings. The molecule has 1 unspecified atom stereocenters. The molecule has 0 amide bonds. The van der Waals surface area contributed by atoms with Gasteiger partial charge >= 0.3 is 0 Å². The number of phenols is 1. The number of aromatic hydroxyl groups is 1. The van der Waals surface area contributed by atoms with Crippen molar-refractivity contribution in [3.05, 3.63) is 65.4 Å². The molecule has 1 aliphatic rings. The minimum absolute atomic E-state index is 0.0956. The lowest BCUT2D eigenvalue weighted by atomic mass is 9.99. The molecule has 0 spiro atoms. The number of fused-ring (bicyclic) bond motifs is 1. The summed E-state index contributed by atoms with van der Waals surface area (Å²) < 4.78 is 0. The van der Waals surface area contributed by atoms with Crippen molar-refractivity contribution in [3.63, 3.8) is 0 Å². The second kappa shape index (κ2) is 5.35. The van der Waals surface area contributed by atoms with Gasteiger partial charge in [0.15, 0.2) is 0 Å². The zero-order chi connectivity index (χ0) is 15.8. The second-order valence-corrected chi connectivity index (χ2v) is 5.73. The first kappa shape index (κ1) is 13.7. The molecule has 0 bridgehead atoms. The van der Waals surface area contributed by atoms with Gasteiger partial charge in [-0.1, -0.05) is 30.3 Å². The average Bonchev–Trinajstić information content (AvgIpc) is 3.06. The average molecular weight is 304 g/mol. The lowest BCUT2D eigenvalue weighted by Crippen LogP contribution is -2.10. The van der Waals surface area contributed by atoms with E-state index in [2.05, 4.69) is 33.7 Å². The van der Waals surface area contributed by atoms with Crippen LogP contribution in [-0.4, -0.2) is 21.0 Å². The van der Waals surface area contributed by atoms with Gasteiger partial charge in [0, 0.05) is 11.8 Å². The number of nitrogens with zero attached hydrogens (tertiary/aromatic N) is 3. The van der Waals surface area contributed by atoms with Gasteiger partial charge in [-0.05, 0) is 36.2 Å². The molecule has 1 atom stereocenters. The molecule has 23 heavy (non-hydrogen) atoms. The minimum Gasteiger partial charge on any atom is -0.508 e. The van der Waals surface area contributed by atoms with Crippen molar-refractivity contribution in [2.45, 2.75) is 19.4 Å². The van der Waals surface area contributed by atoms with E-state index in [4.69, 9.17) is 0 Å². The lowest BCUT2D eigenvalue weighted by Gasteiger charge is -2.10. The maximum Gasteiger partial charge on any atom is 0.115 e. The molecule has 5 nitrogen and oxygen atoms in total. The predicted octanol–water partition coefficient (Wildman–Crippen LogP) is 3.08. The summed E-state index contributed by atoms with van der Waals surface area (Å²) in [4.78, 5) is 0. The van der Waals surface area contributed by atoms with E-state index in [1.54, 1.807) is 12.1 Å². The van der Waals surface area contributed by atoms with Crippen LogP contribution in [0.4, 0.5) is 0 Å².